The van der Waals surface area contributed by atoms with E-state index in [-0.39, 0.29) is 0 Å². The zero-order valence-corrected chi connectivity index (χ0v) is 18.7. The van der Waals surface area contributed by atoms with Crippen molar-refractivity contribution in [2.24, 2.45) is 0 Å². The number of imidazole rings is 1. The molecule has 3 aliphatic rings. The average molecular weight is 426 g/mol. The first-order chi connectivity index (χ1) is 15.8. The molecule has 1 saturated carbocycles. The number of terminal acetylenes is 1. The molecule has 0 N–H and O–H groups in total. The lowest BCUT2D eigenvalue weighted by molar-refractivity contribution is 0.130. The second kappa shape index (κ2) is 8.18. The van der Waals surface area contributed by atoms with Gasteiger partial charge >= 0.3 is 0 Å². The normalized spacial score (nSPS) is 20.0. The number of fused-ring (bicyclic) bond motifs is 3. The maximum atomic E-state index is 5.49. The quantitative estimate of drug-likeness (QED) is 0.598. The molecule has 0 bridgehead atoms. The number of hydrogen-bond acceptors (Lipinski definition) is 4. The Kier molecular flexibility index (Phi) is 5.04. The number of nitrogens with zero attached hydrogens (tertiary/aromatic N) is 5. The molecule has 5 heteroatoms. The number of aromatic nitrogens is 2. The Morgan fingerprint density at radius 1 is 0.812 bits per heavy atom. The van der Waals surface area contributed by atoms with E-state index in [0.29, 0.717) is 0 Å². The van der Waals surface area contributed by atoms with E-state index < -0.39 is 0 Å². The number of hydrogen-bond donors (Lipinski definition) is 0. The summed E-state index contributed by atoms with van der Waals surface area (Å²) in [6.45, 7) is 7.46. The summed E-state index contributed by atoms with van der Waals surface area (Å²) in [6, 6.07) is 16.1. The van der Waals surface area contributed by atoms with E-state index in [9.17, 15) is 0 Å². The summed E-state index contributed by atoms with van der Waals surface area (Å²) in [5.74, 6) is 3.96. The van der Waals surface area contributed by atoms with Crippen molar-refractivity contribution in [2.75, 3.05) is 49.1 Å². The van der Waals surface area contributed by atoms with Crippen LogP contribution in [0.2, 0.25) is 0 Å². The first-order valence-corrected chi connectivity index (χ1v) is 12.1. The fourth-order valence-corrected chi connectivity index (χ4v) is 5.50. The third-order valence-electron chi connectivity index (χ3n) is 7.68. The number of benzene rings is 2. The highest BCUT2D eigenvalue weighted by molar-refractivity contribution is 5.80. The van der Waals surface area contributed by atoms with E-state index in [1.807, 2.05) is 12.1 Å². The van der Waals surface area contributed by atoms with Crippen LogP contribution in [0.15, 0.2) is 42.5 Å². The molecule has 1 saturated heterocycles. The van der Waals surface area contributed by atoms with E-state index in [1.165, 1.54) is 42.0 Å². The molecule has 2 aliphatic heterocycles. The predicted octanol–water partition coefficient (Wildman–Crippen LogP) is 3.75. The predicted molar refractivity (Wildman–Crippen MR) is 131 cm³/mol. The lowest BCUT2D eigenvalue weighted by atomic mass is 9.91. The first-order valence-electron chi connectivity index (χ1n) is 12.1. The highest BCUT2D eigenvalue weighted by Gasteiger charge is 2.27. The van der Waals surface area contributed by atoms with Crippen LogP contribution in [0.25, 0.3) is 11.0 Å². The van der Waals surface area contributed by atoms with Gasteiger partial charge in [-0.2, -0.15) is 0 Å². The van der Waals surface area contributed by atoms with Gasteiger partial charge in [0.15, 0.2) is 0 Å². The van der Waals surface area contributed by atoms with Gasteiger partial charge in [-0.15, -0.1) is 6.42 Å². The van der Waals surface area contributed by atoms with Gasteiger partial charge in [0.05, 0.1) is 11.0 Å². The van der Waals surface area contributed by atoms with Gasteiger partial charge in [0, 0.05) is 75.2 Å². The molecule has 0 spiro atoms. The molecule has 3 heterocycles. The van der Waals surface area contributed by atoms with Gasteiger partial charge in [-0.1, -0.05) is 12.3 Å². The summed E-state index contributed by atoms with van der Waals surface area (Å²) >= 11 is 0. The molecule has 3 aromatic rings. The zero-order chi connectivity index (χ0) is 21.5. The highest BCUT2D eigenvalue weighted by atomic mass is 15.3. The van der Waals surface area contributed by atoms with Gasteiger partial charge < -0.3 is 14.4 Å². The third kappa shape index (κ3) is 3.53. The van der Waals surface area contributed by atoms with Crippen molar-refractivity contribution < 1.29 is 0 Å². The molecule has 0 atom stereocenters. The monoisotopic (exact) mass is 425 g/mol. The van der Waals surface area contributed by atoms with Crippen LogP contribution in [0.3, 0.4) is 0 Å². The van der Waals surface area contributed by atoms with Gasteiger partial charge in [0.2, 0.25) is 0 Å². The Morgan fingerprint density at radius 2 is 1.53 bits per heavy atom. The summed E-state index contributed by atoms with van der Waals surface area (Å²) in [6.07, 6.45) is 10.7. The van der Waals surface area contributed by atoms with Crippen molar-refractivity contribution >= 4 is 22.4 Å². The lowest BCUT2D eigenvalue weighted by Gasteiger charge is -2.37. The van der Waals surface area contributed by atoms with Crippen molar-refractivity contribution in [3.8, 4) is 12.3 Å². The first kappa shape index (κ1) is 19.7. The summed E-state index contributed by atoms with van der Waals surface area (Å²) in [5, 5.41) is 0. The Morgan fingerprint density at radius 3 is 2.22 bits per heavy atom. The lowest BCUT2D eigenvalue weighted by Crippen LogP contribution is -2.46. The van der Waals surface area contributed by atoms with Crippen molar-refractivity contribution in [1.29, 1.82) is 0 Å². The van der Waals surface area contributed by atoms with E-state index in [0.717, 1.165) is 69.4 Å². The van der Waals surface area contributed by atoms with E-state index in [4.69, 9.17) is 11.4 Å². The van der Waals surface area contributed by atoms with Crippen LogP contribution in [0.4, 0.5) is 11.4 Å². The molecule has 1 aliphatic carbocycles. The van der Waals surface area contributed by atoms with Gasteiger partial charge in [-0.3, -0.25) is 4.90 Å². The SMILES string of the molecule is C#Cc1ccc(N2CCN(c3ccc4c(c3)nc3n4CCN(C4CCC4)CC3)CC2)cc1. The van der Waals surface area contributed by atoms with Crippen LogP contribution in [-0.2, 0) is 13.0 Å². The summed E-state index contributed by atoms with van der Waals surface area (Å²) in [7, 11) is 0. The molecule has 1 aromatic heterocycles. The van der Waals surface area contributed by atoms with Crippen LogP contribution in [0.1, 0.15) is 30.7 Å². The minimum Gasteiger partial charge on any atom is -0.368 e. The largest absolute Gasteiger partial charge is 0.368 e. The molecular weight excluding hydrogens is 394 g/mol. The average Bonchev–Trinajstić information content (AvgIpc) is 3.04. The second-order valence-corrected chi connectivity index (χ2v) is 9.39. The molecule has 5 nitrogen and oxygen atoms in total. The van der Waals surface area contributed by atoms with E-state index in [1.54, 1.807) is 0 Å². The van der Waals surface area contributed by atoms with Crippen molar-refractivity contribution in [2.45, 2.75) is 38.3 Å². The number of anilines is 2. The molecule has 0 radical (unpaired) electrons. The molecule has 0 amide bonds. The molecule has 6 rings (SSSR count). The summed E-state index contributed by atoms with van der Waals surface area (Å²) < 4.78 is 2.47. The molecular formula is C27H31N5. The standard InChI is InChI=1S/C27H31N5/c1-2-21-6-8-23(9-7-21)30-14-16-31(17-15-30)24-10-11-26-25(20-24)28-27-12-13-29(18-19-32(26)27)22-4-3-5-22/h1,6-11,20,22H,3-5,12-19H2. The number of rotatable bonds is 3. The molecule has 0 unspecified atom stereocenters. The van der Waals surface area contributed by atoms with Crippen molar-refractivity contribution in [3.63, 3.8) is 0 Å². The van der Waals surface area contributed by atoms with Crippen LogP contribution < -0.4 is 9.80 Å². The van der Waals surface area contributed by atoms with Crippen LogP contribution in [0, 0.1) is 12.3 Å². The highest BCUT2D eigenvalue weighted by Crippen LogP contribution is 2.29. The Balaban J connectivity index is 1.15. The fraction of sp³-hybridized carbons (Fsp3) is 0.444. The van der Waals surface area contributed by atoms with Crippen LogP contribution >= 0.6 is 0 Å². The van der Waals surface area contributed by atoms with Gasteiger partial charge in [-0.05, 0) is 55.3 Å². The molecule has 2 aromatic carbocycles. The molecule has 32 heavy (non-hydrogen) atoms. The zero-order valence-electron chi connectivity index (χ0n) is 18.7. The van der Waals surface area contributed by atoms with Gasteiger partial charge in [-0.25, -0.2) is 4.98 Å². The van der Waals surface area contributed by atoms with Crippen molar-refractivity contribution in [1.82, 2.24) is 14.5 Å². The van der Waals surface area contributed by atoms with Gasteiger partial charge in [0.25, 0.3) is 0 Å². The van der Waals surface area contributed by atoms with Crippen molar-refractivity contribution in [3.05, 3.63) is 53.9 Å². The fourth-order valence-electron chi connectivity index (χ4n) is 5.50. The molecule has 2 fully saturated rings. The third-order valence-corrected chi connectivity index (χ3v) is 7.68. The molecule has 164 valence electrons. The smallest absolute Gasteiger partial charge is 0.111 e. The Labute approximate surface area is 190 Å². The summed E-state index contributed by atoms with van der Waals surface area (Å²) in [4.78, 5) is 12.7. The van der Waals surface area contributed by atoms with E-state index in [2.05, 4.69) is 55.5 Å². The minimum atomic E-state index is 0.825. The van der Waals surface area contributed by atoms with Crippen LogP contribution in [0.5, 0.6) is 0 Å². The second-order valence-electron chi connectivity index (χ2n) is 9.39. The number of piperazine rings is 1. The Hall–Kier alpha value is -2.97. The summed E-state index contributed by atoms with van der Waals surface area (Å²) in [5.41, 5.74) is 5.94. The Bertz CT molecular complexity index is 1140. The van der Waals surface area contributed by atoms with Gasteiger partial charge in [0.1, 0.15) is 5.82 Å². The van der Waals surface area contributed by atoms with E-state index >= 15 is 0 Å². The maximum Gasteiger partial charge on any atom is 0.111 e. The minimum absolute atomic E-state index is 0.825. The topological polar surface area (TPSA) is 27.5 Å². The maximum absolute atomic E-state index is 5.49. The van der Waals surface area contributed by atoms with Crippen LogP contribution in [-0.4, -0.2) is 59.8 Å².